The lowest BCUT2D eigenvalue weighted by Crippen LogP contribution is -2.39. The largest absolute Gasteiger partial charge is 0.394 e. The summed E-state index contributed by atoms with van der Waals surface area (Å²) in [6.45, 7) is 0.0586. The molecule has 0 unspecified atom stereocenters. The molecule has 0 heterocycles. The lowest BCUT2D eigenvalue weighted by molar-refractivity contribution is -0.122. The molecular weight excluding hydrogens is 178 g/mol. The molecule has 0 aromatic carbocycles. The van der Waals surface area contributed by atoms with Gasteiger partial charge in [0, 0.05) is 12.8 Å². The first-order valence-electron chi connectivity index (χ1n) is 5.08. The Morgan fingerprint density at radius 3 is 2.71 bits per heavy atom. The van der Waals surface area contributed by atoms with E-state index in [0.717, 1.165) is 32.1 Å². The van der Waals surface area contributed by atoms with Crippen LogP contribution >= 0.6 is 0 Å². The molecular formula is C11H17NO2. The summed E-state index contributed by atoms with van der Waals surface area (Å²) in [5, 5.41) is 11.8. The molecule has 3 heteroatoms. The fraction of sp³-hybridized carbons (Fsp3) is 0.727. The van der Waals surface area contributed by atoms with Crippen LogP contribution in [0.25, 0.3) is 0 Å². The minimum Gasteiger partial charge on any atom is -0.394 e. The average Bonchev–Trinajstić information content (AvgIpc) is 2.93. The fourth-order valence-corrected chi connectivity index (χ4v) is 1.34. The molecule has 14 heavy (non-hydrogen) atoms. The Balaban J connectivity index is 2.08. The van der Waals surface area contributed by atoms with Crippen LogP contribution in [0.5, 0.6) is 0 Å². The summed E-state index contributed by atoms with van der Waals surface area (Å²) < 4.78 is 0. The Morgan fingerprint density at radius 1 is 1.50 bits per heavy atom. The van der Waals surface area contributed by atoms with Crippen LogP contribution in [0.3, 0.4) is 0 Å². The van der Waals surface area contributed by atoms with Gasteiger partial charge in [-0.1, -0.05) is 0 Å². The number of terminal acetylenes is 1. The zero-order valence-corrected chi connectivity index (χ0v) is 8.38. The number of rotatable bonds is 6. The van der Waals surface area contributed by atoms with E-state index >= 15 is 0 Å². The molecule has 1 amide bonds. The SMILES string of the molecule is C#CCCCCC(=O)NC1(CO)CC1. The number of aliphatic hydroxyl groups is 1. The third-order valence-corrected chi connectivity index (χ3v) is 2.54. The van der Waals surface area contributed by atoms with Gasteiger partial charge in [-0.15, -0.1) is 12.3 Å². The van der Waals surface area contributed by atoms with Crippen LogP contribution in [0.1, 0.15) is 38.5 Å². The van der Waals surface area contributed by atoms with Crippen molar-refractivity contribution in [3.63, 3.8) is 0 Å². The summed E-state index contributed by atoms with van der Waals surface area (Å²) in [4.78, 5) is 11.3. The first-order valence-corrected chi connectivity index (χ1v) is 5.08. The number of carbonyl (C=O) groups is 1. The minimum atomic E-state index is -0.275. The molecule has 1 saturated carbocycles. The van der Waals surface area contributed by atoms with E-state index in [2.05, 4.69) is 11.2 Å². The minimum absolute atomic E-state index is 0.0357. The number of aliphatic hydroxyl groups excluding tert-OH is 1. The van der Waals surface area contributed by atoms with Crippen LogP contribution < -0.4 is 5.32 Å². The van der Waals surface area contributed by atoms with E-state index in [0.29, 0.717) is 6.42 Å². The van der Waals surface area contributed by atoms with E-state index < -0.39 is 0 Å². The molecule has 3 nitrogen and oxygen atoms in total. The van der Waals surface area contributed by atoms with Gasteiger partial charge in [-0.25, -0.2) is 0 Å². The van der Waals surface area contributed by atoms with Crippen molar-refractivity contribution >= 4 is 5.91 Å². The second-order valence-corrected chi connectivity index (χ2v) is 3.90. The van der Waals surface area contributed by atoms with Gasteiger partial charge in [0.2, 0.25) is 5.91 Å². The molecule has 0 aromatic rings. The highest BCUT2D eigenvalue weighted by molar-refractivity contribution is 5.77. The monoisotopic (exact) mass is 195 g/mol. The molecule has 0 radical (unpaired) electrons. The van der Waals surface area contributed by atoms with Crippen LogP contribution in [-0.4, -0.2) is 23.2 Å². The first-order chi connectivity index (χ1) is 6.72. The van der Waals surface area contributed by atoms with E-state index in [1.807, 2.05) is 0 Å². The normalized spacial score (nSPS) is 17.1. The van der Waals surface area contributed by atoms with Crippen molar-refractivity contribution in [2.24, 2.45) is 0 Å². The zero-order chi connectivity index (χ0) is 10.4. The van der Waals surface area contributed by atoms with Crippen LogP contribution in [0, 0.1) is 12.3 Å². The second kappa shape index (κ2) is 5.02. The van der Waals surface area contributed by atoms with Gasteiger partial charge in [0.05, 0.1) is 12.1 Å². The van der Waals surface area contributed by atoms with Crippen molar-refractivity contribution in [3.05, 3.63) is 0 Å². The molecule has 1 rings (SSSR count). The Bertz CT molecular complexity index is 238. The Morgan fingerprint density at radius 2 is 2.21 bits per heavy atom. The molecule has 0 spiro atoms. The topological polar surface area (TPSA) is 49.3 Å². The third-order valence-electron chi connectivity index (χ3n) is 2.54. The van der Waals surface area contributed by atoms with Gasteiger partial charge >= 0.3 is 0 Å². The summed E-state index contributed by atoms with van der Waals surface area (Å²) in [5.74, 6) is 2.58. The number of hydrogen-bond donors (Lipinski definition) is 2. The number of unbranched alkanes of at least 4 members (excludes halogenated alkanes) is 2. The van der Waals surface area contributed by atoms with Crippen LogP contribution in [-0.2, 0) is 4.79 Å². The van der Waals surface area contributed by atoms with Crippen molar-refractivity contribution in [2.45, 2.75) is 44.1 Å². The standard InChI is InChI=1S/C11H17NO2/c1-2-3-4-5-6-10(14)12-11(9-13)7-8-11/h1,13H,3-9H2,(H,12,14). The molecule has 0 atom stereocenters. The predicted octanol–water partition coefficient (Wildman–Crippen LogP) is 0.821. The van der Waals surface area contributed by atoms with Crippen molar-refractivity contribution in [2.75, 3.05) is 6.61 Å². The van der Waals surface area contributed by atoms with Gasteiger partial charge in [0.1, 0.15) is 0 Å². The van der Waals surface area contributed by atoms with Gasteiger partial charge < -0.3 is 10.4 Å². The van der Waals surface area contributed by atoms with Crippen molar-refractivity contribution in [1.29, 1.82) is 0 Å². The quantitative estimate of drug-likeness (QED) is 0.487. The van der Waals surface area contributed by atoms with Crippen molar-refractivity contribution in [1.82, 2.24) is 5.32 Å². The number of carbonyl (C=O) groups excluding carboxylic acids is 1. The van der Waals surface area contributed by atoms with Gasteiger partial charge in [-0.2, -0.15) is 0 Å². The molecule has 0 bridgehead atoms. The highest BCUT2D eigenvalue weighted by Crippen LogP contribution is 2.34. The summed E-state index contributed by atoms with van der Waals surface area (Å²) in [5.41, 5.74) is -0.275. The summed E-state index contributed by atoms with van der Waals surface area (Å²) >= 11 is 0. The maximum atomic E-state index is 11.3. The van der Waals surface area contributed by atoms with E-state index in [1.165, 1.54) is 0 Å². The zero-order valence-electron chi connectivity index (χ0n) is 8.38. The Hall–Kier alpha value is -1.01. The highest BCUT2D eigenvalue weighted by Gasteiger charge is 2.43. The van der Waals surface area contributed by atoms with Crippen molar-refractivity contribution < 1.29 is 9.90 Å². The summed E-state index contributed by atoms with van der Waals surface area (Å²) in [7, 11) is 0. The molecule has 0 aliphatic heterocycles. The highest BCUT2D eigenvalue weighted by atomic mass is 16.3. The molecule has 0 aromatic heterocycles. The van der Waals surface area contributed by atoms with Crippen molar-refractivity contribution in [3.8, 4) is 12.3 Å². The molecule has 2 N–H and O–H groups in total. The lowest BCUT2D eigenvalue weighted by Gasteiger charge is -2.13. The molecule has 1 aliphatic rings. The summed E-state index contributed by atoms with van der Waals surface area (Å²) in [6, 6.07) is 0. The van der Waals surface area contributed by atoms with E-state index in [9.17, 15) is 4.79 Å². The molecule has 1 fully saturated rings. The van der Waals surface area contributed by atoms with Gasteiger partial charge in [0.25, 0.3) is 0 Å². The summed E-state index contributed by atoms with van der Waals surface area (Å²) in [6.07, 6.45) is 9.88. The Labute approximate surface area is 84.9 Å². The maximum Gasteiger partial charge on any atom is 0.220 e. The smallest absolute Gasteiger partial charge is 0.220 e. The molecule has 78 valence electrons. The molecule has 1 aliphatic carbocycles. The van der Waals surface area contributed by atoms with Crippen LogP contribution in [0.4, 0.5) is 0 Å². The molecule has 0 saturated heterocycles. The maximum absolute atomic E-state index is 11.3. The Kier molecular flexibility index (Phi) is 3.97. The lowest BCUT2D eigenvalue weighted by atomic mass is 10.2. The second-order valence-electron chi connectivity index (χ2n) is 3.90. The average molecular weight is 195 g/mol. The first kappa shape index (κ1) is 11.1. The van der Waals surface area contributed by atoms with E-state index in [-0.39, 0.29) is 18.1 Å². The predicted molar refractivity (Wildman–Crippen MR) is 54.5 cm³/mol. The third kappa shape index (κ3) is 3.39. The number of hydrogen-bond acceptors (Lipinski definition) is 2. The number of nitrogens with one attached hydrogen (secondary N) is 1. The van der Waals surface area contributed by atoms with Gasteiger partial charge in [-0.05, 0) is 25.7 Å². The fourth-order valence-electron chi connectivity index (χ4n) is 1.34. The number of amides is 1. The van der Waals surface area contributed by atoms with Crippen LogP contribution in [0.2, 0.25) is 0 Å². The van der Waals surface area contributed by atoms with Gasteiger partial charge in [0.15, 0.2) is 0 Å². The van der Waals surface area contributed by atoms with E-state index in [4.69, 9.17) is 11.5 Å². The van der Waals surface area contributed by atoms with Gasteiger partial charge in [-0.3, -0.25) is 4.79 Å². The van der Waals surface area contributed by atoms with Crippen LogP contribution in [0.15, 0.2) is 0 Å². The van der Waals surface area contributed by atoms with E-state index in [1.54, 1.807) is 0 Å².